The molecule has 1 aliphatic heterocycles. The first-order valence-electron chi connectivity index (χ1n) is 8.31. The predicted octanol–water partition coefficient (Wildman–Crippen LogP) is 3.26. The smallest absolute Gasteiger partial charge is 0.261 e. The zero-order valence-corrected chi connectivity index (χ0v) is 15.3. The van der Waals surface area contributed by atoms with Gasteiger partial charge in [0.25, 0.3) is 11.8 Å². The predicted molar refractivity (Wildman–Crippen MR) is 98.7 cm³/mol. The van der Waals surface area contributed by atoms with E-state index in [0.29, 0.717) is 17.7 Å². The number of fused-ring (bicyclic) bond motifs is 1. The summed E-state index contributed by atoms with van der Waals surface area (Å²) >= 11 is 1.75. The minimum atomic E-state index is -0.176. The summed E-state index contributed by atoms with van der Waals surface area (Å²) in [5.74, 6) is 3.25. The van der Waals surface area contributed by atoms with Gasteiger partial charge in [0, 0.05) is 6.54 Å². The van der Waals surface area contributed by atoms with Crippen molar-refractivity contribution in [3.05, 3.63) is 59.0 Å². The van der Waals surface area contributed by atoms with Crippen molar-refractivity contribution in [1.82, 2.24) is 9.80 Å². The van der Waals surface area contributed by atoms with E-state index < -0.39 is 0 Å². The Bertz CT molecular complexity index is 735. The van der Waals surface area contributed by atoms with Gasteiger partial charge in [-0.05, 0) is 50.5 Å². The summed E-state index contributed by atoms with van der Waals surface area (Å²) in [6.45, 7) is 1.26. The third kappa shape index (κ3) is 4.14. The van der Waals surface area contributed by atoms with Crippen LogP contribution in [0.3, 0.4) is 0 Å². The summed E-state index contributed by atoms with van der Waals surface area (Å²) in [6.07, 6.45) is 0.779. The first kappa shape index (κ1) is 17.8. The van der Waals surface area contributed by atoms with Crippen molar-refractivity contribution in [2.24, 2.45) is 0 Å². The zero-order valence-electron chi connectivity index (χ0n) is 14.5. The molecule has 0 bridgehead atoms. The van der Waals surface area contributed by atoms with Gasteiger partial charge in [-0.1, -0.05) is 12.1 Å². The molecule has 5 nitrogen and oxygen atoms in total. The minimum absolute atomic E-state index is 0.176. The molecule has 0 fully saturated rings. The number of hydrogen-bond acceptors (Lipinski definition) is 5. The number of thioether (sulfide) groups is 1. The number of nitrogens with zero attached hydrogens (tertiary/aromatic N) is 2. The van der Waals surface area contributed by atoms with Gasteiger partial charge in [-0.25, -0.2) is 0 Å². The highest BCUT2D eigenvalue weighted by molar-refractivity contribution is 7.98. The van der Waals surface area contributed by atoms with Crippen LogP contribution in [-0.4, -0.2) is 48.0 Å². The summed E-state index contributed by atoms with van der Waals surface area (Å²) in [4.78, 5) is 27.9. The molecule has 1 aromatic carbocycles. The minimum Gasteiger partial charge on any atom is -0.464 e. The maximum absolute atomic E-state index is 12.3. The van der Waals surface area contributed by atoms with Gasteiger partial charge in [-0.2, -0.15) is 11.8 Å². The van der Waals surface area contributed by atoms with Crippen molar-refractivity contribution in [1.29, 1.82) is 0 Å². The van der Waals surface area contributed by atoms with Gasteiger partial charge in [-0.3, -0.25) is 14.5 Å². The van der Waals surface area contributed by atoms with E-state index in [4.69, 9.17) is 4.42 Å². The normalized spacial score (nSPS) is 13.8. The molecule has 6 heteroatoms. The molecule has 25 heavy (non-hydrogen) atoms. The van der Waals surface area contributed by atoms with Crippen molar-refractivity contribution < 1.29 is 14.0 Å². The second-order valence-corrected chi connectivity index (χ2v) is 7.42. The van der Waals surface area contributed by atoms with E-state index in [1.54, 1.807) is 36.0 Å². The van der Waals surface area contributed by atoms with E-state index in [0.717, 1.165) is 36.0 Å². The Balaban J connectivity index is 1.41. The lowest BCUT2D eigenvalue weighted by Gasteiger charge is -2.13. The average molecular weight is 358 g/mol. The quantitative estimate of drug-likeness (QED) is 0.535. The van der Waals surface area contributed by atoms with Gasteiger partial charge in [0.1, 0.15) is 11.5 Å². The topological polar surface area (TPSA) is 53.8 Å². The molecule has 0 saturated heterocycles. The monoisotopic (exact) mass is 358 g/mol. The van der Waals surface area contributed by atoms with Crippen molar-refractivity contribution in [3.8, 4) is 0 Å². The van der Waals surface area contributed by atoms with E-state index in [1.807, 2.05) is 26.2 Å². The van der Waals surface area contributed by atoms with Gasteiger partial charge < -0.3 is 9.32 Å². The van der Waals surface area contributed by atoms with E-state index in [1.165, 1.54) is 4.90 Å². The Hall–Kier alpha value is -2.05. The highest BCUT2D eigenvalue weighted by Gasteiger charge is 2.34. The number of rotatable bonds is 8. The van der Waals surface area contributed by atoms with Crippen LogP contribution in [0.2, 0.25) is 0 Å². The number of carbonyl (C=O) groups is 2. The maximum Gasteiger partial charge on any atom is 0.261 e. The molecule has 0 atom stereocenters. The van der Waals surface area contributed by atoms with Crippen LogP contribution in [0.4, 0.5) is 0 Å². The van der Waals surface area contributed by atoms with E-state index >= 15 is 0 Å². The molecule has 1 aliphatic rings. The Morgan fingerprint density at radius 1 is 1.00 bits per heavy atom. The van der Waals surface area contributed by atoms with Crippen LogP contribution in [0, 0.1) is 0 Å². The Morgan fingerprint density at radius 3 is 2.28 bits per heavy atom. The molecular weight excluding hydrogens is 336 g/mol. The van der Waals surface area contributed by atoms with Crippen LogP contribution < -0.4 is 0 Å². The number of hydrogen-bond donors (Lipinski definition) is 0. The standard InChI is InChI=1S/C19H22N2O3S/c1-20(2)12-14-8-9-15(24-14)13-25-11-5-10-21-18(22)16-6-3-4-7-17(16)19(21)23/h3-4,6-9H,5,10-13H2,1-2H3. The van der Waals surface area contributed by atoms with Gasteiger partial charge in [-0.15, -0.1) is 0 Å². The number of imide groups is 1. The molecular formula is C19H22N2O3S. The molecule has 0 aliphatic carbocycles. The molecule has 2 amide bonds. The first-order valence-corrected chi connectivity index (χ1v) is 9.47. The zero-order chi connectivity index (χ0) is 17.8. The number of carbonyl (C=O) groups excluding carboxylic acids is 2. The van der Waals surface area contributed by atoms with Crippen LogP contribution >= 0.6 is 11.8 Å². The van der Waals surface area contributed by atoms with Crippen molar-refractivity contribution in [2.45, 2.75) is 18.7 Å². The molecule has 2 aromatic rings. The van der Waals surface area contributed by atoms with E-state index in [2.05, 4.69) is 4.90 Å². The van der Waals surface area contributed by atoms with Crippen LogP contribution in [0.15, 0.2) is 40.8 Å². The van der Waals surface area contributed by atoms with Gasteiger partial charge in [0.2, 0.25) is 0 Å². The van der Waals surface area contributed by atoms with Crippen molar-refractivity contribution >= 4 is 23.6 Å². The lowest BCUT2D eigenvalue weighted by Crippen LogP contribution is -2.31. The average Bonchev–Trinajstić information content (AvgIpc) is 3.12. The molecule has 3 rings (SSSR count). The van der Waals surface area contributed by atoms with Crippen molar-refractivity contribution in [2.75, 3.05) is 26.4 Å². The molecule has 0 N–H and O–H groups in total. The molecule has 132 valence electrons. The molecule has 0 spiro atoms. The summed E-state index contributed by atoms with van der Waals surface area (Å²) in [6, 6.07) is 11.0. The summed E-state index contributed by atoms with van der Waals surface area (Å²) < 4.78 is 5.77. The van der Waals surface area contributed by atoms with E-state index in [-0.39, 0.29) is 11.8 Å². The fraction of sp³-hybridized carbons (Fsp3) is 0.368. The van der Waals surface area contributed by atoms with Crippen LogP contribution in [0.25, 0.3) is 0 Å². The third-order valence-electron chi connectivity index (χ3n) is 3.98. The SMILES string of the molecule is CN(C)Cc1ccc(CSCCCN2C(=O)c3ccccc3C2=O)o1. The molecule has 2 heterocycles. The number of benzene rings is 1. The number of amides is 2. The van der Waals surface area contributed by atoms with Crippen LogP contribution in [0.5, 0.6) is 0 Å². The lowest BCUT2D eigenvalue weighted by molar-refractivity contribution is 0.0655. The Morgan fingerprint density at radius 2 is 1.64 bits per heavy atom. The maximum atomic E-state index is 12.3. The molecule has 1 aromatic heterocycles. The largest absolute Gasteiger partial charge is 0.464 e. The van der Waals surface area contributed by atoms with Crippen LogP contribution in [-0.2, 0) is 12.3 Å². The Labute approximate surface area is 152 Å². The molecule has 0 radical (unpaired) electrons. The Kier molecular flexibility index (Phi) is 5.60. The summed E-state index contributed by atoms with van der Waals surface area (Å²) in [5.41, 5.74) is 1.04. The van der Waals surface area contributed by atoms with Gasteiger partial charge in [0.05, 0.1) is 23.4 Å². The second kappa shape index (κ2) is 7.89. The fourth-order valence-electron chi connectivity index (χ4n) is 2.84. The fourth-order valence-corrected chi connectivity index (χ4v) is 3.67. The highest BCUT2D eigenvalue weighted by atomic mass is 32.2. The highest BCUT2D eigenvalue weighted by Crippen LogP contribution is 2.23. The van der Waals surface area contributed by atoms with Gasteiger partial charge in [0.15, 0.2) is 0 Å². The second-order valence-electron chi connectivity index (χ2n) is 6.32. The molecule has 0 unspecified atom stereocenters. The summed E-state index contributed by atoms with van der Waals surface area (Å²) in [5, 5.41) is 0. The summed E-state index contributed by atoms with van der Waals surface area (Å²) in [7, 11) is 4.02. The van der Waals surface area contributed by atoms with Crippen molar-refractivity contribution in [3.63, 3.8) is 0 Å². The molecule has 0 saturated carbocycles. The number of furan rings is 1. The lowest BCUT2D eigenvalue weighted by atomic mass is 10.1. The van der Waals surface area contributed by atoms with E-state index in [9.17, 15) is 9.59 Å². The third-order valence-corrected chi connectivity index (χ3v) is 5.05. The van der Waals surface area contributed by atoms with Gasteiger partial charge >= 0.3 is 0 Å². The first-order chi connectivity index (χ1) is 12.1. The van der Waals surface area contributed by atoms with Crippen LogP contribution in [0.1, 0.15) is 38.7 Å².